The molecule has 5 rings (SSSR count). The van der Waals surface area contributed by atoms with Gasteiger partial charge in [0.05, 0.1) is 23.1 Å². The highest BCUT2D eigenvalue weighted by atomic mass is 32.2. The highest BCUT2D eigenvalue weighted by molar-refractivity contribution is 8.26. The van der Waals surface area contributed by atoms with Gasteiger partial charge in [-0.15, -0.1) is 0 Å². The first-order valence-electron chi connectivity index (χ1n) is 11.6. The van der Waals surface area contributed by atoms with Crippen LogP contribution in [0.3, 0.4) is 0 Å². The van der Waals surface area contributed by atoms with Crippen LogP contribution in [0.4, 0.5) is 5.82 Å². The number of ether oxygens (including phenoxy) is 1. The van der Waals surface area contributed by atoms with Gasteiger partial charge in [-0.3, -0.25) is 18.9 Å². The average Bonchev–Trinajstić information content (AvgIpc) is 3.45. The van der Waals surface area contributed by atoms with E-state index in [9.17, 15) is 9.59 Å². The van der Waals surface area contributed by atoms with E-state index in [0.717, 1.165) is 24.0 Å². The number of fused-ring (bicyclic) bond motifs is 1. The van der Waals surface area contributed by atoms with Crippen molar-refractivity contribution in [2.24, 2.45) is 0 Å². The summed E-state index contributed by atoms with van der Waals surface area (Å²) in [6.07, 6.45) is 5.22. The lowest BCUT2D eigenvalue weighted by Gasteiger charge is -2.18. The third-order valence-electron chi connectivity index (χ3n) is 6.22. The number of hydrogen-bond donors (Lipinski definition) is 1. The molecule has 4 heterocycles. The Balaban J connectivity index is 1.52. The monoisotopic (exact) mass is 506 g/mol. The number of carbonyl (C=O) groups is 1. The van der Waals surface area contributed by atoms with E-state index in [1.807, 2.05) is 50.2 Å². The molecule has 0 bridgehead atoms. The molecule has 2 saturated heterocycles. The van der Waals surface area contributed by atoms with E-state index < -0.39 is 0 Å². The topological polar surface area (TPSA) is 75.9 Å². The molecule has 0 radical (unpaired) electrons. The molecule has 3 aromatic rings. The lowest BCUT2D eigenvalue weighted by atomic mass is 10.1. The van der Waals surface area contributed by atoms with E-state index in [2.05, 4.69) is 5.32 Å². The highest BCUT2D eigenvalue weighted by Gasteiger charge is 2.35. The second-order valence-corrected chi connectivity index (χ2v) is 10.5. The second kappa shape index (κ2) is 9.93. The predicted molar refractivity (Wildman–Crippen MR) is 144 cm³/mol. The SMILES string of the molecule is Cc1ccc(CNc2nc3c(C)cccn3c(=O)c2/C=C2\SC(=S)N(C[C@@H]3CCCO3)C2=O)cc1. The Hall–Kier alpha value is -3.01. The standard InChI is InChI=1S/C26H26N4O3S2/c1-16-7-9-18(10-8-16)14-27-22-20(24(31)29-11-3-5-17(2)23(29)28-22)13-21-25(32)30(26(34)35-21)15-19-6-4-12-33-19/h3,5,7-11,13,19,27H,4,6,12,14-15H2,1-2H3/b21-13-/t19-/m0/s1. The number of anilines is 1. The molecule has 1 atom stereocenters. The van der Waals surface area contributed by atoms with Crippen LogP contribution in [-0.2, 0) is 16.1 Å². The van der Waals surface area contributed by atoms with E-state index >= 15 is 0 Å². The number of aromatic nitrogens is 2. The Kier molecular flexibility index (Phi) is 6.73. The molecule has 9 heteroatoms. The fourth-order valence-corrected chi connectivity index (χ4v) is 5.51. The number of benzene rings is 1. The van der Waals surface area contributed by atoms with E-state index in [1.54, 1.807) is 17.2 Å². The van der Waals surface area contributed by atoms with Crippen molar-refractivity contribution >= 4 is 51.7 Å². The van der Waals surface area contributed by atoms with E-state index in [-0.39, 0.29) is 17.6 Å². The maximum Gasteiger partial charge on any atom is 0.267 e. The molecule has 0 aliphatic carbocycles. The second-order valence-electron chi connectivity index (χ2n) is 8.83. The van der Waals surface area contributed by atoms with Gasteiger partial charge in [-0.25, -0.2) is 4.98 Å². The number of carbonyl (C=O) groups excluding carboxylic acids is 1. The van der Waals surface area contributed by atoms with Crippen molar-refractivity contribution in [3.05, 3.63) is 80.1 Å². The van der Waals surface area contributed by atoms with Gasteiger partial charge in [-0.05, 0) is 50.0 Å². The van der Waals surface area contributed by atoms with Gasteiger partial charge < -0.3 is 10.1 Å². The molecular weight excluding hydrogens is 480 g/mol. The molecule has 1 aromatic carbocycles. The number of hydrogen-bond acceptors (Lipinski definition) is 7. The molecule has 1 amide bonds. The van der Waals surface area contributed by atoms with Crippen molar-refractivity contribution in [1.82, 2.24) is 14.3 Å². The van der Waals surface area contributed by atoms with Crippen molar-refractivity contribution in [2.75, 3.05) is 18.5 Å². The van der Waals surface area contributed by atoms with Gasteiger partial charge in [0.2, 0.25) is 0 Å². The minimum atomic E-state index is -0.241. The van der Waals surface area contributed by atoms with Gasteiger partial charge in [0, 0.05) is 19.3 Å². The molecule has 2 aliphatic rings. The van der Waals surface area contributed by atoms with Crippen molar-refractivity contribution in [2.45, 2.75) is 39.3 Å². The molecule has 0 spiro atoms. The van der Waals surface area contributed by atoms with Crippen LogP contribution in [-0.4, -0.2) is 43.8 Å². The molecule has 35 heavy (non-hydrogen) atoms. The average molecular weight is 507 g/mol. The molecule has 2 aromatic heterocycles. The van der Waals surface area contributed by atoms with Crippen LogP contribution in [0.15, 0.2) is 52.3 Å². The zero-order valence-electron chi connectivity index (χ0n) is 19.6. The molecule has 2 aliphatic heterocycles. The molecular formula is C26H26N4O3S2. The van der Waals surface area contributed by atoms with Gasteiger partial charge in [0.15, 0.2) is 0 Å². The summed E-state index contributed by atoms with van der Waals surface area (Å²) in [4.78, 5) is 33.5. The number of thioether (sulfide) groups is 1. The third-order valence-corrected chi connectivity index (χ3v) is 7.60. The lowest BCUT2D eigenvalue weighted by Crippen LogP contribution is -2.35. The fraction of sp³-hybridized carbons (Fsp3) is 0.308. The van der Waals surface area contributed by atoms with Crippen LogP contribution in [0, 0.1) is 13.8 Å². The van der Waals surface area contributed by atoms with Gasteiger partial charge in [0.1, 0.15) is 15.8 Å². The first-order chi connectivity index (χ1) is 16.9. The Labute approximate surface area is 213 Å². The van der Waals surface area contributed by atoms with E-state index in [4.69, 9.17) is 21.9 Å². The molecule has 0 unspecified atom stereocenters. The summed E-state index contributed by atoms with van der Waals surface area (Å²) in [5, 5.41) is 3.32. The van der Waals surface area contributed by atoms with E-state index in [1.165, 1.54) is 21.7 Å². The van der Waals surface area contributed by atoms with E-state index in [0.29, 0.717) is 46.0 Å². The van der Waals surface area contributed by atoms with Gasteiger partial charge >= 0.3 is 0 Å². The van der Waals surface area contributed by atoms with Gasteiger partial charge in [0.25, 0.3) is 11.5 Å². The van der Waals surface area contributed by atoms with Crippen molar-refractivity contribution in [3.8, 4) is 0 Å². The Morgan fingerprint density at radius 3 is 2.77 bits per heavy atom. The molecule has 2 fully saturated rings. The molecule has 7 nitrogen and oxygen atoms in total. The number of nitrogens with zero attached hydrogens (tertiary/aromatic N) is 3. The number of nitrogens with one attached hydrogen (secondary N) is 1. The fourth-order valence-electron chi connectivity index (χ4n) is 4.25. The third kappa shape index (κ3) is 4.89. The van der Waals surface area contributed by atoms with Crippen molar-refractivity contribution < 1.29 is 9.53 Å². The van der Waals surface area contributed by atoms with Crippen LogP contribution in [0.5, 0.6) is 0 Å². The summed E-state index contributed by atoms with van der Waals surface area (Å²) >= 11 is 6.70. The van der Waals surface area contributed by atoms with Crippen molar-refractivity contribution in [1.29, 1.82) is 0 Å². The molecule has 0 saturated carbocycles. The Morgan fingerprint density at radius 2 is 2.03 bits per heavy atom. The highest BCUT2D eigenvalue weighted by Crippen LogP contribution is 2.34. The zero-order chi connectivity index (χ0) is 24.5. The number of aryl methyl sites for hydroxylation is 2. The van der Waals surface area contributed by atoms with Gasteiger partial charge in [-0.2, -0.15) is 0 Å². The Bertz CT molecular complexity index is 1390. The van der Waals surface area contributed by atoms with Crippen LogP contribution in [0.2, 0.25) is 0 Å². The summed E-state index contributed by atoms with van der Waals surface area (Å²) in [7, 11) is 0. The summed E-state index contributed by atoms with van der Waals surface area (Å²) in [5.41, 5.74) is 3.80. The van der Waals surface area contributed by atoms with Gasteiger partial charge in [-0.1, -0.05) is 59.9 Å². The number of amides is 1. The first kappa shape index (κ1) is 23.7. The quantitative estimate of drug-likeness (QED) is 0.395. The summed E-state index contributed by atoms with van der Waals surface area (Å²) in [5.74, 6) is 0.239. The maximum absolute atomic E-state index is 13.5. The number of thiocarbonyl (C=S) groups is 1. The smallest absolute Gasteiger partial charge is 0.267 e. The largest absolute Gasteiger partial charge is 0.376 e. The lowest BCUT2D eigenvalue weighted by molar-refractivity contribution is -0.123. The summed E-state index contributed by atoms with van der Waals surface area (Å²) in [6.45, 7) is 5.61. The van der Waals surface area contributed by atoms with Crippen LogP contribution >= 0.6 is 24.0 Å². The normalized spacial score (nSPS) is 19.3. The molecule has 180 valence electrons. The number of rotatable bonds is 6. The summed E-state index contributed by atoms with van der Waals surface area (Å²) in [6, 6.07) is 11.9. The Morgan fingerprint density at radius 1 is 1.23 bits per heavy atom. The zero-order valence-corrected chi connectivity index (χ0v) is 21.2. The van der Waals surface area contributed by atoms with Crippen LogP contribution in [0.25, 0.3) is 11.7 Å². The maximum atomic E-state index is 13.5. The number of pyridine rings is 1. The first-order valence-corrected chi connectivity index (χ1v) is 12.8. The minimum absolute atomic E-state index is 0.000442. The summed E-state index contributed by atoms with van der Waals surface area (Å²) < 4.78 is 7.69. The minimum Gasteiger partial charge on any atom is -0.376 e. The van der Waals surface area contributed by atoms with Crippen LogP contribution < -0.4 is 10.9 Å². The van der Waals surface area contributed by atoms with Crippen LogP contribution in [0.1, 0.15) is 35.1 Å². The van der Waals surface area contributed by atoms with Crippen molar-refractivity contribution in [3.63, 3.8) is 0 Å². The molecule has 1 N–H and O–H groups in total. The predicted octanol–water partition coefficient (Wildman–Crippen LogP) is 4.30.